The molecule has 6 nitrogen and oxygen atoms in total. The second kappa shape index (κ2) is 6.81. The Labute approximate surface area is 121 Å². The Morgan fingerprint density at radius 3 is 2.75 bits per heavy atom. The molecule has 1 aromatic heterocycles. The lowest BCUT2D eigenvalue weighted by atomic mass is 10.0. The molecule has 0 bridgehead atoms. The number of piperidine rings is 1. The molecule has 1 amide bonds. The number of carbonyl (C=O) groups excluding carboxylic acids is 1. The Balaban J connectivity index is 1.84. The van der Waals surface area contributed by atoms with Gasteiger partial charge in [-0.15, -0.1) is 0 Å². The first-order valence-corrected chi connectivity index (χ1v) is 7.69. The molecule has 20 heavy (non-hydrogen) atoms. The van der Waals surface area contributed by atoms with Crippen molar-refractivity contribution in [3.05, 3.63) is 27.1 Å². The predicted molar refractivity (Wildman–Crippen MR) is 78.2 cm³/mol. The predicted octanol–water partition coefficient (Wildman–Crippen LogP) is 2.26. The normalized spacial score (nSPS) is 17.1. The third-order valence-electron chi connectivity index (χ3n) is 3.46. The highest BCUT2D eigenvalue weighted by Crippen LogP contribution is 2.24. The molecule has 2 heterocycles. The minimum absolute atomic E-state index is 0.00733. The van der Waals surface area contributed by atoms with Crippen LogP contribution < -0.4 is 5.32 Å². The lowest BCUT2D eigenvalue weighted by molar-refractivity contribution is -0.380. The van der Waals surface area contributed by atoms with Gasteiger partial charge in [0.15, 0.2) is 0 Å². The standard InChI is InChI=1S/C13H19N3O3S/c1-2-7-15-8-5-10(6-9-15)14-13(17)11-3-4-12(20-11)16(18)19/h3-4,10H,2,5-9H2,1H3,(H,14,17). The Kier molecular flexibility index (Phi) is 5.08. The van der Waals surface area contributed by atoms with Crippen LogP contribution in [-0.2, 0) is 0 Å². The van der Waals surface area contributed by atoms with Crippen molar-refractivity contribution in [3.8, 4) is 0 Å². The molecule has 1 N–H and O–H groups in total. The molecule has 2 rings (SSSR count). The summed E-state index contributed by atoms with van der Waals surface area (Å²) in [6.45, 7) is 5.28. The molecule has 0 aliphatic carbocycles. The Morgan fingerprint density at radius 2 is 2.20 bits per heavy atom. The van der Waals surface area contributed by atoms with Gasteiger partial charge in [-0.05, 0) is 31.9 Å². The second-order valence-corrected chi connectivity index (χ2v) is 6.05. The lowest BCUT2D eigenvalue weighted by Gasteiger charge is -2.31. The molecule has 1 aliphatic rings. The van der Waals surface area contributed by atoms with Crippen molar-refractivity contribution in [1.82, 2.24) is 10.2 Å². The number of hydrogen-bond acceptors (Lipinski definition) is 5. The van der Waals surface area contributed by atoms with Crippen LogP contribution in [-0.4, -0.2) is 41.4 Å². The third kappa shape index (κ3) is 3.77. The van der Waals surface area contributed by atoms with Gasteiger partial charge >= 0.3 is 5.00 Å². The van der Waals surface area contributed by atoms with Crippen molar-refractivity contribution in [2.45, 2.75) is 32.2 Å². The zero-order valence-electron chi connectivity index (χ0n) is 11.5. The number of thiophene rings is 1. The highest BCUT2D eigenvalue weighted by atomic mass is 32.1. The molecule has 1 aliphatic heterocycles. The van der Waals surface area contributed by atoms with E-state index in [2.05, 4.69) is 17.1 Å². The van der Waals surface area contributed by atoms with Gasteiger partial charge in [0.1, 0.15) is 0 Å². The smallest absolute Gasteiger partial charge is 0.324 e. The molecule has 0 atom stereocenters. The molecule has 0 unspecified atom stereocenters. The summed E-state index contributed by atoms with van der Waals surface area (Å²) in [5, 5.41) is 13.6. The Hall–Kier alpha value is -1.47. The molecule has 1 fully saturated rings. The van der Waals surface area contributed by atoms with Crippen molar-refractivity contribution < 1.29 is 9.72 Å². The maximum atomic E-state index is 12.0. The summed E-state index contributed by atoms with van der Waals surface area (Å²) in [5.41, 5.74) is 0. The van der Waals surface area contributed by atoms with Crippen LogP contribution >= 0.6 is 11.3 Å². The van der Waals surface area contributed by atoms with E-state index in [1.54, 1.807) is 0 Å². The van der Waals surface area contributed by atoms with Gasteiger partial charge in [-0.25, -0.2) is 0 Å². The van der Waals surface area contributed by atoms with E-state index in [0.717, 1.165) is 50.2 Å². The van der Waals surface area contributed by atoms with Gasteiger partial charge in [0.25, 0.3) is 5.91 Å². The summed E-state index contributed by atoms with van der Waals surface area (Å²) in [6, 6.07) is 3.07. The van der Waals surface area contributed by atoms with Gasteiger partial charge in [0.05, 0.1) is 9.80 Å². The van der Waals surface area contributed by atoms with Crippen molar-refractivity contribution in [3.63, 3.8) is 0 Å². The van der Waals surface area contributed by atoms with Gasteiger partial charge in [-0.2, -0.15) is 0 Å². The van der Waals surface area contributed by atoms with E-state index in [9.17, 15) is 14.9 Å². The van der Waals surface area contributed by atoms with E-state index in [1.165, 1.54) is 12.1 Å². The second-order valence-electron chi connectivity index (χ2n) is 4.98. The minimum atomic E-state index is -0.468. The maximum absolute atomic E-state index is 12.0. The summed E-state index contributed by atoms with van der Waals surface area (Å²) in [4.78, 5) is 25.0. The molecule has 1 saturated heterocycles. The van der Waals surface area contributed by atoms with Crippen LogP contribution in [0.2, 0.25) is 0 Å². The van der Waals surface area contributed by atoms with Crippen LogP contribution in [0.5, 0.6) is 0 Å². The third-order valence-corrected chi connectivity index (χ3v) is 4.49. The average molecular weight is 297 g/mol. The molecule has 0 aromatic carbocycles. The highest BCUT2D eigenvalue weighted by molar-refractivity contribution is 7.17. The van der Waals surface area contributed by atoms with E-state index in [4.69, 9.17) is 0 Å². The zero-order chi connectivity index (χ0) is 14.5. The monoisotopic (exact) mass is 297 g/mol. The lowest BCUT2D eigenvalue weighted by Crippen LogP contribution is -2.44. The number of nitro groups is 1. The van der Waals surface area contributed by atoms with E-state index in [-0.39, 0.29) is 17.0 Å². The largest absolute Gasteiger partial charge is 0.349 e. The molecular formula is C13H19N3O3S. The van der Waals surface area contributed by atoms with Crippen LogP contribution in [0.3, 0.4) is 0 Å². The number of hydrogen-bond donors (Lipinski definition) is 1. The SMILES string of the molecule is CCCN1CCC(NC(=O)c2ccc([N+](=O)[O-])s2)CC1. The number of likely N-dealkylation sites (tertiary alicyclic amines) is 1. The van der Waals surface area contributed by atoms with Crippen LogP contribution in [0.4, 0.5) is 5.00 Å². The molecule has 1 aromatic rings. The first kappa shape index (κ1) is 14.9. The summed E-state index contributed by atoms with van der Waals surface area (Å²) in [6.07, 6.45) is 3.04. The number of amides is 1. The number of rotatable bonds is 5. The first-order chi connectivity index (χ1) is 9.60. The minimum Gasteiger partial charge on any atom is -0.349 e. The molecule has 0 radical (unpaired) electrons. The van der Waals surface area contributed by atoms with E-state index in [0.29, 0.717) is 4.88 Å². The first-order valence-electron chi connectivity index (χ1n) is 6.87. The van der Waals surface area contributed by atoms with Crippen molar-refractivity contribution in [1.29, 1.82) is 0 Å². The molecule has 110 valence electrons. The highest BCUT2D eigenvalue weighted by Gasteiger charge is 2.22. The van der Waals surface area contributed by atoms with Crippen molar-refractivity contribution >= 4 is 22.2 Å². The summed E-state index contributed by atoms with van der Waals surface area (Å²) in [7, 11) is 0. The van der Waals surface area contributed by atoms with E-state index >= 15 is 0 Å². The average Bonchev–Trinajstić information content (AvgIpc) is 2.91. The van der Waals surface area contributed by atoms with Crippen LogP contribution in [0.15, 0.2) is 12.1 Å². The van der Waals surface area contributed by atoms with Crippen molar-refractivity contribution in [2.75, 3.05) is 19.6 Å². The molecule has 0 spiro atoms. The van der Waals surface area contributed by atoms with Gasteiger partial charge in [-0.1, -0.05) is 18.3 Å². The van der Waals surface area contributed by atoms with Crippen LogP contribution in [0, 0.1) is 10.1 Å². The van der Waals surface area contributed by atoms with Crippen LogP contribution in [0.25, 0.3) is 0 Å². The summed E-state index contributed by atoms with van der Waals surface area (Å²) < 4.78 is 0. The topological polar surface area (TPSA) is 75.5 Å². The van der Waals surface area contributed by atoms with Gasteiger partial charge in [0, 0.05) is 25.2 Å². The number of carbonyl (C=O) groups is 1. The fourth-order valence-corrected chi connectivity index (χ4v) is 3.15. The fourth-order valence-electron chi connectivity index (χ4n) is 2.42. The van der Waals surface area contributed by atoms with E-state index in [1.807, 2.05) is 0 Å². The molecule has 7 heteroatoms. The summed E-state index contributed by atoms with van der Waals surface area (Å²) in [5.74, 6) is -0.197. The van der Waals surface area contributed by atoms with Gasteiger partial charge in [-0.3, -0.25) is 14.9 Å². The maximum Gasteiger partial charge on any atom is 0.324 e. The molecular weight excluding hydrogens is 278 g/mol. The van der Waals surface area contributed by atoms with Crippen molar-refractivity contribution in [2.24, 2.45) is 0 Å². The summed E-state index contributed by atoms with van der Waals surface area (Å²) >= 11 is 0.925. The Bertz CT molecular complexity index is 481. The number of nitrogens with zero attached hydrogens (tertiary/aromatic N) is 2. The van der Waals surface area contributed by atoms with E-state index < -0.39 is 4.92 Å². The quantitative estimate of drug-likeness (QED) is 0.668. The fraction of sp³-hybridized carbons (Fsp3) is 0.615. The van der Waals surface area contributed by atoms with Gasteiger partial charge in [0.2, 0.25) is 0 Å². The molecule has 0 saturated carbocycles. The zero-order valence-corrected chi connectivity index (χ0v) is 12.3. The Morgan fingerprint density at radius 1 is 1.50 bits per heavy atom. The van der Waals surface area contributed by atoms with Gasteiger partial charge < -0.3 is 10.2 Å². The number of nitrogens with one attached hydrogen (secondary N) is 1. The van der Waals surface area contributed by atoms with Crippen LogP contribution in [0.1, 0.15) is 35.9 Å².